The summed E-state index contributed by atoms with van der Waals surface area (Å²) in [4.78, 5) is 8.60. The third kappa shape index (κ3) is 3.04. The normalized spacial score (nSPS) is 10.5. The number of ether oxygens (including phenoxy) is 1. The van der Waals surface area contributed by atoms with Gasteiger partial charge in [-0.25, -0.2) is 4.98 Å². The van der Waals surface area contributed by atoms with E-state index in [2.05, 4.69) is 25.9 Å². The molecule has 1 aromatic heterocycles. The van der Waals surface area contributed by atoms with Crippen molar-refractivity contribution in [3.8, 4) is 11.6 Å². The molecule has 1 heterocycles. The van der Waals surface area contributed by atoms with E-state index in [1.54, 1.807) is 0 Å². The molecular formula is C14H16BrN3O. The maximum atomic E-state index is 5.88. The molecule has 0 amide bonds. The molecule has 0 aliphatic heterocycles. The van der Waals surface area contributed by atoms with E-state index >= 15 is 0 Å². The topological polar surface area (TPSA) is 61.0 Å². The number of aromatic nitrogens is 2. The highest BCUT2D eigenvalue weighted by molar-refractivity contribution is 9.10. The first-order valence-electron chi connectivity index (χ1n) is 6.08. The Kier molecular flexibility index (Phi) is 4.04. The quantitative estimate of drug-likeness (QED) is 0.934. The van der Waals surface area contributed by atoms with Gasteiger partial charge >= 0.3 is 0 Å². The molecule has 19 heavy (non-hydrogen) atoms. The van der Waals surface area contributed by atoms with Crippen molar-refractivity contribution >= 4 is 21.7 Å². The Morgan fingerprint density at radius 1 is 1.26 bits per heavy atom. The molecule has 0 radical (unpaired) electrons. The predicted molar refractivity (Wildman–Crippen MR) is 79.5 cm³/mol. The molecule has 0 saturated heterocycles. The summed E-state index contributed by atoms with van der Waals surface area (Å²) in [6.45, 7) is 5.83. The van der Waals surface area contributed by atoms with E-state index in [1.165, 1.54) is 0 Å². The summed E-state index contributed by atoms with van der Waals surface area (Å²) in [5.74, 6) is 2.43. The fourth-order valence-corrected chi connectivity index (χ4v) is 1.94. The van der Waals surface area contributed by atoms with Gasteiger partial charge in [0, 0.05) is 10.9 Å². The molecule has 0 aliphatic carbocycles. The zero-order chi connectivity index (χ0) is 14.0. The van der Waals surface area contributed by atoms with Gasteiger partial charge in [-0.3, -0.25) is 0 Å². The Balaban J connectivity index is 2.42. The summed E-state index contributed by atoms with van der Waals surface area (Å²) < 4.78 is 6.84. The van der Waals surface area contributed by atoms with Crippen molar-refractivity contribution in [3.05, 3.63) is 39.6 Å². The van der Waals surface area contributed by atoms with Gasteiger partial charge in [-0.05, 0) is 31.5 Å². The molecule has 4 nitrogen and oxygen atoms in total. The number of hydrogen-bond donors (Lipinski definition) is 1. The van der Waals surface area contributed by atoms with E-state index in [0.29, 0.717) is 17.5 Å². The fraction of sp³-hybridized carbons (Fsp3) is 0.286. The summed E-state index contributed by atoms with van der Waals surface area (Å²) in [7, 11) is 0. The molecule has 0 aliphatic rings. The summed E-state index contributed by atoms with van der Waals surface area (Å²) in [5.41, 5.74) is 7.68. The Labute approximate surface area is 121 Å². The number of nitrogen functional groups attached to an aromatic ring is 1. The van der Waals surface area contributed by atoms with Crippen LogP contribution in [-0.2, 0) is 6.42 Å². The van der Waals surface area contributed by atoms with Crippen LogP contribution in [0.4, 0.5) is 5.82 Å². The summed E-state index contributed by atoms with van der Waals surface area (Å²) >= 11 is 3.43. The van der Waals surface area contributed by atoms with Gasteiger partial charge in [-0.1, -0.05) is 28.9 Å². The smallest absolute Gasteiger partial charge is 0.227 e. The predicted octanol–water partition coefficient (Wildman–Crippen LogP) is 3.79. The van der Waals surface area contributed by atoms with Crippen molar-refractivity contribution in [2.45, 2.75) is 27.2 Å². The molecule has 100 valence electrons. The Morgan fingerprint density at radius 3 is 2.68 bits per heavy atom. The molecular weight excluding hydrogens is 306 g/mol. The molecule has 5 heteroatoms. The number of nitrogens with zero attached hydrogens (tertiary/aromatic N) is 2. The van der Waals surface area contributed by atoms with Crippen LogP contribution in [0.25, 0.3) is 0 Å². The highest BCUT2D eigenvalue weighted by atomic mass is 79.9. The van der Waals surface area contributed by atoms with E-state index in [9.17, 15) is 0 Å². The van der Waals surface area contributed by atoms with Crippen molar-refractivity contribution in [2.75, 3.05) is 5.73 Å². The molecule has 2 aromatic rings. The van der Waals surface area contributed by atoms with Crippen LogP contribution in [0.3, 0.4) is 0 Å². The van der Waals surface area contributed by atoms with Crippen LogP contribution in [0.2, 0.25) is 0 Å². The van der Waals surface area contributed by atoms with Crippen LogP contribution < -0.4 is 10.5 Å². The van der Waals surface area contributed by atoms with Crippen LogP contribution in [0.15, 0.2) is 22.7 Å². The molecule has 0 bridgehead atoms. The van der Waals surface area contributed by atoms with Gasteiger partial charge in [0.25, 0.3) is 0 Å². The minimum absolute atomic E-state index is 0.467. The van der Waals surface area contributed by atoms with Crippen molar-refractivity contribution in [3.63, 3.8) is 0 Å². The molecule has 0 unspecified atom stereocenters. The first kappa shape index (κ1) is 13.8. The largest absolute Gasteiger partial charge is 0.438 e. The molecule has 0 fully saturated rings. The maximum absolute atomic E-state index is 5.88. The Morgan fingerprint density at radius 2 is 2.00 bits per heavy atom. The van der Waals surface area contributed by atoms with Gasteiger partial charge in [0.15, 0.2) is 0 Å². The Bertz CT molecular complexity index is 614. The number of nitrogens with two attached hydrogens (primary N) is 1. The lowest BCUT2D eigenvalue weighted by Crippen LogP contribution is -2.04. The van der Waals surface area contributed by atoms with Crippen molar-refractivity contribution in [2.24, 2.45) is 0 Å². The second kappa shape index (κ2) is 5.57. The van der Waals surface area contributed by atoms with E-state index < -0.39 is 0 Å². The lowest BCUT2D eigenvalue weighted by molar-refractivity contribution is 0.451. The van der Waals surface area contributed by atoms with Crippen molar-refractivity contribution in [1.29, 1.82) is 0 Å². The molecule has 2 N–H and O–H groups in total. The van der Waals surface area contributed by atoms with Crippen molar-refractivity contribution in [1.82, 2.24) is 9.97 Å². The highest BCUT2D eigenvalue weighted by Gasteiger charge is 2.11. The lowest BCUT2D eigenvalue weighted by atomic mass is 10.2. The third-order valence-electron chi connectivity index (χ3n) is 2.86. The number of halogens is 1. The van der Waals surface area contributed by atoms with Gasteiger partial charge in [-0.2, -0.15) is 4.98 Å². The zero-order valence-electron chi connectivity index (χ0n) is 11.2. The standard InChI is InChI=1S/C14H16BrN3O/c1-4-12-17-13(16)9(3)14(18-12)19-11-7-10(15)6-5-8(11)2/h5-7H,4H2,1-3H3,(H2,16,17,18). The number of hydrogen-bond acceptors (Lipinski definition) is 4. The van der Waals surface area contributed by atoms with Gasteiger partial charge in [0.05, 0.1) is 5.56 Å². The zero-order valence-corrected chi connectivity index (χ0v) is 12.8. The maximum Gasteiger partial charge on any atom is 0.227 e. The van der Waals surface area contributed by atoms with Gasteiger partial charge < -0.3 is 10.5 Å². The second-order valence-corrected chi connectivity index (χ2v) is 5.24. The van der Waals surface area contributed by atoms with Gasteiger partial charge in [0.1, 0.15) is 17.4 Å². The minimum atomic E-state index is 0.467. The molecule has 2 rings (SSSR count). The first-order valence-corrected chi connectivity index (χ1v) is 6.87. The van der Waals surface area contributed by atoms with Gasteiger partial charge in [0.2, 0.25) is 5.88 Å². The van der Waals surface area contributed by atoms with E-state index in [4.69, 9.17) is 10.5 Å². The molecule has 0 spiro atoms. The number of rotatable bonds is 3. The van der Waals surface area contributed by atoms with E-state index in [0.717, 1.165) is 27.8 Å². The number of anilines is 1. The Hall–Kier alpha value is -1.62. The van der Waals surface area contributed by atoms with Crippen LogP contribution in [0, 0.1) is 13.8 Å². The molecule has 0 saturated carbocycles. The fourth-order valence-electron chi connectivity index (χ4n) is 1.60. The van der Waals surface area contributed by atoms with Crippen LogP contribution in [-0.4, -0.2) is 9.97 Å². The first-order chi connectivity index (χ1) is 9.01. The lowest BCUT2D eigenvalue weighted by Gasteiger charge is -2.12. The third-order valence-corrected chi connectivity index (χ3v) is 3.35. The summed E-state index contributed by atoms with van der Waals surface area (Å²) in [6, 6.07) is 5.87. The van der Waals surface area contributed by atoms with E-state index in [-0.39, 0.29) is 0 Å². The van der Waals surface area contributed by atoms with Crippen LogP contribution in [0.5, 0.6) is 11.6 Å². The number of benzene rings is 1. The average Bonchev–Trinajstić information content (AvgIpc) is 2.38. The summed E-state index contributed by atoms with van der Waals surface area (Å²) in [5, 5.41) is 0. The minimum Gasteiger partial charge on any atom is -0.438 e. The number of aryl methyl sites for hydroxylation is 2. The van der Waals surface area contributed by atoms with E-state index in [1.807, 2.05) is 39.0 Å². The second-order valence-electron chi connectivity index (χ2n) is 4.32. The van der Waals surface area contributed by atoms with Crippen LogP contribution >= 0.6 is 15.9 Å². The molecule has 1 aromatic carbocycles. The van der Waals surface area contributed by atoms with Crippen molar-refractivity contribution < 1.29 is 4.74 Å². The SMILES string of the molecule is CCc1nc(N)c(C)c(Oc2cc(Br)ccc2C)n1. The van der Waals surface area contributed by atoms with Gasteiger partial charge in [-0.15, -0.1) is 0 Å². The van der Waals surface area contributed by atoms with Crippen LogP contribution in [0.1, 0.15) is 23.9 Å². The average molecular weight is 322 g/mol. The summed E-state index contributed by atoms with van der Waals surface area (Å²) in [6.07, 6.45) is 0.721. The monoisotopic (exact) mass is 321 g/mol. The highest BCUT2D eigenvalue weighted by Crippen LogP contribution is 2.30. The molecule has 0 atom stereocenters.